The zero-order valence-corrected chi connectivity index (χ0v) is 60.3. The largest absolute Gasteiger partial charge is 0.361 e. The first-order valence-electron chi connectivity index (χ1n) is 31.7. The minimum atomic E-state index is -0.425. The molecule has 0 bridgehead atoms. The lowest BCUT2D eigenvalue weighted by atomic mass is 10.1. The van der Waals surface area contributed by atoms with Crippen LogP contribution in [0.3, 0.4) is 0 Å². The van der Waals surface area contributed by atoms with Crippen LogP contribution >= 0.6 is 45.6 Å². The van der Waals surface area contributed by atoms with Crippen molar-refractivity contribution < 1.29 is 17.6 Å². The monoisotopic (exact) mass is 1380 g/mol. The Morgan fingerprint density at radius 3 is 1.48 bits per heavy atom. The number of fused-ring (bicyclic) bond motifs is 8. The van der Waals surface area contributed by atoms with Crippen LogP contribution in [-0.4, -0.2) is 39.9 Å². The fraction of sp³-hybridized carbons (Fsp3) is 0.159. The van der Waals surface area contributed by atoms with E-state index in [1.165, 1.54) is 116 Å². The second kappa shape index (κ2) is 33.9. The fourth-order valence-electron chi connectivity index (χ4n) is 10.4. The number of hydrogen-bond acceptors (Lipinski definition) is 8. The van der Waals surface area contributed by atoms with Crippen molar-refractivity contribution in [1.82, 2.24) is 39.9 Å². The molecule has 0 aliphatic carbocycles. The van der Waals surface area contributed by atoms with Crippen molar-refractivity contribution in [3.63, 3.8) is 0 Å². The van der Waals surface area contributed by atoms with E-state index >= 15 is 0 Å². The third-order valence-electron chi connectivity index (χ3n) is 15.2. The third-order valence-corrected chi connectivity index (χ3v) is 18.3. The number of benzene rings is 7. The van der Waals surface area contributed by atoms with Gasteiger partial charge in [-0.1, -0.05) is 89.0 Å². The highest BCUT2D eigenvalue weighted by Gasteiger charge is 2.05. The van der Waals surface area contributed by atoms with E-state index < -0.39 is 11.9 Å². The van der Waals surface area contributed by atoms with Gasteiger partial charge >= 0.3 is 0 Å². The Labute approximate surface area is 586 Å². The molecule has 0 saturated heterocycles. The van der Waals surface area contributed by atoms with Gasteiger partial charge in [-0.15, -0.1) is 34.0 Å². The fourth-order valence-corrected chi connectivity index (χ4v) is 13.3. The van der Waals surface area contributed by atoms with E-state index in [0.29, 0.717) is 15.9 Å². The highest BCUT2D eigenvalue weighted by atomic mass is 35.5. The maximum Gasteiger partial charge on any atom is 0.214 e. The van der Waals surface area contributed by atoms with E-state index in [9.17, 15) is 17.6 Å². The first-order valence-corrected chi connectivity index (χ1v) is 34.5. The lowest BCUT2D eigenvalue weighted by Gasteiger charge is -1.99. The van der Waals surface area contributed by atoms with Crippen LogP contribution < -0.4 is 0 Å². The van der Waals surface area contributed by atoms with Crippen molar-refractivity contribution in [2.45, 2.75) is 90.0 Å². The van der Waals surface area contributed by atoms with Gasteiger partial charge in [0.05, 0.1) is 16.1 Å². The van der Waals surface area contributed by atoms with Crippen LogP contribution in [0.4, 0.5) is 17.6 Å². The number of nitrogens with zero attached hydrogens (tertiary/aromatic N) is 5. The van der Waals surface area contributed by atoms with Crippen molar-refractivity contribution in [2.24, 2.45) is 0 Å². The summed E-state index contributed by atoms with van der Waals surface area (Å²) in [5, 5.41) is 9.61. The molecule has 98 heavy (non-hydrogen) atoms. The van der Waals surface area contributed by atoms with Gasteiger partial charge in [0.2, 0.25) is 11.9 Å². The van der Waals surface area contributed by atoms with E-state index in [4.69, 9.17) is 11.6 Å². The van der Waals surface area contributed by atoms with E-state index in [0.717, 1.165) is 64.2 Å². The van der Waals surface area contributed by atoms with Crippen LogP contribution in [0, 0.1) is 114 Å². The number of hydrogen-bond donors (Lipinski definition) is 3. The Balaban J connectivity index is 0.000000129. The van der Waals surface area contributed by atoms with Crippen LogP contribution in [0.25, 0.3) is 84.9 Å². The highest BCUT2D eigenvalue weighted by Crippen LogP contribution is 2.28. The molecule has 3 N–H and O–H groups in total. The molecule has 498 valence electrons. The van der Waals surface area contributed by atoms with Gasteiger partial charge in [-0.2, -0.15) is 8.78 Å². The van der Waals surface area contributed by atoms with Gasteiger partial charge in [-0.25, -0.2) is 28.7 Å². The van der Waals surface area contributed by atoms with Gasteiger partial charge in [0.15, 0.2) is 0 Å². The Kier molecular flexibility index (Phi) is 25.0. The van der Waals surface area contributed by atoms with E-state index in [1.807, 2.05) is 108 Å². The second-order valence-corrected chi connectivity index (χ2v) is 28.2. The maximum absolute atomic E-state index is 12.8. The molecule has 7 aromatic carbocycles. The quantitative estimate of drug-likeness (QED) is 0.103. The standard InChI is InChI=1S/C11H11N.C10H8FN.2C10H11N.C10H10S.C9H8FN.C9H7FS.C8H6FNS.C5H5ClN2/c1-8-3-6-11-10(7-8)5-4-9(2)12-11;1-7-2-4-9-8(6-7)3-5-10(11)12-9;1-7-3-4-10-9(5-7)6-8(2)11-10;1-7-3-4-9-8(2)6-11-10(9)5-7;1-7-3-4-9-6-8(2)11-10(9)5-7;1-6-2-3-7-8(10)5-11-9(7)4-6;1-6-4-7-2-3-8(10)5-9(7)11-6;1-5-4-6-2-3-7(9)10-8(6)11-5;1-4-7-2-5(6)3-8-4/h3-7H,1-2H3;2-6H,1H3;2*3-6,11H,1-2H3;3-6H,1-2H3;2-5,11H,1H3;2-5H,1H3;2-4H,1H3;2-3H,1H3. The Hall–Kier alpha value is -9.90. The third kappa shape index (κ3) is 21.1. The molecule has 16 heteroatoms. The highest BCUT2D eigenvalue weighted by molar-refractivity contribution is 7.19. The molecule has 0 radical (unpaired) electrons. The zero-order valence-electron chi connectivity index (χ0n) is 57.1. The van der Waals surface area contributed by atoms with Crippen molar-refractivity contribution in [3.8, 4) is 0 Å². The van der Waals surface area contributed by atoms with Crippen LogP contribution in [-0.2, 0) is 0 Å². The summed E-state index contributed by atoms with van der Waals surface area (Å²) < 4.78 is 53.1. The van der Waals surface area contributed by atoms with Crippen LogP contribution in [0.15, 0.2) is 213 Å². The summed E-state index contributed by atoms with van der Waals surface area (Å²) in [6.07, 6.45) is 6.57. The molecule has 0 aliphatic rings. The molecule has 8 nitrogen and oxygen atoms in total. The van der Waals surface area contributed by atoms with Crippen molar-refractivity contribution >= 4 is 131 Å². The average Bonchev–Trinajstić information content (AvgIpc) is 1.53. The molecule has 17 aromatic rings. The van der Waals surface area contributed by atoms with E-state index in [1.54, 1.807) is 48.0 Å². The second-order valence-electron chi connectivity index (χ2n) is 24.0. The number of pyridine rings is 3. The molecule has 10 aromatic heterocycles. The number of nitrogens with one attached hydrogen (secondary N) is 3. The summed E-state index contributed by atoms with van der Waals surface area (Å²) in [4.78, 5) is 33.5. The number of rotatable bonds is 0. The first-order chi connectivity index (χ1) is 46.9. The molecular weight excluding hydrogens is 1300 g/mol. The minimum Gasteiger partial charge on any atom is -0.361 e. The summed E-state index contributed by atoms with van der Waals surface area (Å²) >= 11 is 10.5. The van der Waals surface area contributed by atoms with Crippen molar-refractivity contribution in [1.29, 1.82) is 0 Å². The summed E-state index contributed by atoms with van der Waals surface area (Å²) in [6.45, 7) is 26.6. The molecule has 10 heterocycles. The molecule has 0 atom stereocenters. The summed E-state index contributed by atoms with van der Waals surface area (Å²) in [5.74, 6) is -0.417. The first kappa shape index (κ1) is 72.4. The predicted octanol–water partition coefficient (Wildman–Crippen LogP) is 24.8. The molecule has 0 aliphatic heterocycles. The number of H-pyrrole nitrogens is 3. The Morgan fingerprint density at radius 1 is 0.367 bits per heavy atom. The summed E-state index contributed by atoms with van der Waals surface area (Å²) in [6, 6.07) is 61.0. The number of thiophene rings is 3. The number of aromatic amines is 3. The molecule has 0 spiro atoms. The Bertz CT molecular complexity index is 4890. The average molecular weight is 1380 g/mol. The Morgan fingerprint density at radius 2 is 0.837 bits per heavy atom. The molecule has 0 amide bonds. The van der Waals surface area contributed by atoms with Gasteiger partial charge < -0.3 is 15.0 Å². The van der Waals surface area contributed by atoms with Gasteiger partial charge in [0.1, 0.15) is 22.3 Å². The maximum atomic E-state index is 12.8. The lowest BCUT2D eigenvalue weighted by Crippen LogP contribution is -1.83. The normalized spacial score (nSPS) is 10.6. The topological polar surface area (TPSA) is 112 Å². The SMILES string of the molecule is Cc1cc2ccc(F)cc2s1.Cc1cc2ccc(F)nc2s1.Cc1ccc2[nH]c(C)cc2c1.Cc1ccc2c(C)c[nH]c2c1.Cc1ccc2c(F)c[nH]c2c1.Cc1ccc2cc(C)sc2c1.Cc1ccc2nc(C)ccc2c1.Cc1ccc2nc(F)ccc2c1.Cc1ncc(Cl)cn1. The van der Waals surface area contributed by atoms with E-state index in [-0.39, 0.29) is 11.6 Å². The van der Waals surface area contributed by atoms with Gasteiger partial charge in [0.25, 0.3) is 0 Å². The van der Waals surface area contributed by atoms with Gasteiger partial charge in [-0.3, -0.25) is 4.98 Å². The number of aryl methyl sites for hydroxylation is 13. The van der Waals surface area contributed by atoms with Crippen LogP contribution in [0.2, 0.25) is 5.02 Å². The molecule has 0 fully saturated rings. The molecule has 17 rings (SSSR count). The minimum absolute atomic E-state index is 0.153. The number of halogens is 5. The van der Waals surface area contributed by atoms with Crippen molar-refractivity contribution in [3.05, 3.63) is 312 Å². The van der Waals surface area contributed by atoms with Crippen LogP contribution in [0.1, 0.15) is 70.8 Å². The van der Waals surface area contributed by atoms with Crippen molar-refractivity contribution in [2.75, 3.05) is 0 Å². The summed E-state index contributed by atoms with van der Waals surface area (Å²) in [7, 11) is 0. The lowest BCUT2D eigenvalue weighted by molar-refractivity contribution is 0.589. The van der Waals surface area contributed by atoms with Crippen LogP contribution in [0.5, 0.6) is 0 Å². The predicted molar refractivity (Wildman–Crippen MR) is 410 cm³/mol. The van der Waals surface area contributed by atoms with E-state index in [2.05, 4.69) is 185 Å². The molecular formula is C82H77ClF4N8S3. The molecule has 0 unspecified atom stereocenters. The van der Waals surface area contributed by atoms with Gasteiger partial charge in [0, 0.05) is 104 Å². The molecule has 0 saturated carbocycles. The van der Waals surface area contributed by atoms with Gasteiger partial charge in [-0.05, 0) is 256 Å². The zero-order chi connectivity index (χ0) is 70.2. The smallest absolute Gasteiger partial charge is 0.214 e. The number of aromatic nitrogens is 8. The summed E-state index contributed by atoms with van der Waals surface area (Å²) in [5.41, 5.74) is 16.3.